The van der Waals surface area contributed by atoms with E-state index in [0.29, 0.717) is 12.8 Å². The van der Waals surface area contributed by atoms with Crippen molar-refractivity contribution in [3.8, 4) is 0 Å². The van der Waals surface area contributed by atoms with Crippen LogP contribution in [0.3, 0.4) is 0 Å². The Morgan fingerprint density at radius 2 is 1.58 bits per heavy atom. The van der Waals surface area contributed by atoms with Gasteiger partial charge in [0, 0.05) is 32.3 Å². The van der Waals surface area contributed by atoms with Crippen LogP contribution in [0, 0.1) is 23.7 Å². The van der Waals surface area contributed by atoms with Crippen LogP contribution < -0.4 is 0 Å². The Hall–Kier alpha value is -1.97. The molecule has 5 aliphatic heterocycles. The van der Waals surface area contributed by atoms with Gasteiger partial charge in [-0.1, -0.05) is 68.9 Å². The first-order chi connectivity index (χ1) is 30.0. The Morgan fingerprint density at radius 3 is 2.17 bits per heavy atom. The zero-order valence-corrected chi connectivity index (χ0v) is 42.2. The van der Waals surface area contributed by atoms with Gasteiger partial charge in [-0.2, -0.15) is 0 Å². The molecule has 0 amide bonds. The molecule has 0 aromatic carbocycles. The first kappa shape index (κ1) is 54.0. The summed E-state index contributed by atoms with van der Waals surface area (Å²) in [6.45, 7) is 18.4. The molecule has 0 aliphatic carbocycles. The first-order valence-corrected chi connectivity index (χ1v) is 23.6. The highest BCUT2D eigenvalue weighted by Crippen LogP contribution is 2.54. The van der Waals surface area contributed by atoms with Gasteiger partial charge in [-0.25, -0.2) is 9.59 Å². The molecule has 1 N–H and O–H groups in total. The number of aliphatic hydroxyl groups is 1. The normalized spacial score (nSPS) is 44.9. The third-order valence-corrected chi connectivity index (χ3v) is 14.4. The summed E-state index contributed by atoms with van der Waals surface area (Å²) in [5.41, 5.74) is -4.17. The Morgan fingerprint density at radius 1 is 0.923 bits per heavy atom. The van der Waals surface area contributed by atoms with E-state index >= 15 is 0 Å². The Kier molecular flexibility index (Phi) is 17.1. The summed E-state index contributed by atoms with van der Waals surface area (Å²) in [5, 5.41) is 12.8. The Balaban J connectivity index is 1.63. The molecular weight excluding hydrogens is 921 g/mol. The highest BCUT2D eigenvalue weighted by Gasteiger charge is 2.67. The minimum Gasteiger partial charge on any atom is -0.458 e. The number of esters is 2. The molecule has 0 radical (unpaired) electrons. The van der Waals surface area contributed by atoms with Gasteiger partial charge in [0.2, 0.25) is 3.79 Å². The summed E-state index contributed by atoms with van der Waals surface area (Å²) in [6, 6.07) is -0.323. The van der Waals surface area contributed by atoms with Gasteiger partial charge in [0.1, 0.15) is 18.3 Å². The van der Waals surface area contributed by atoms with E-state index in [0.717, 1.165) is 0 Å². The fourth-order valence-corrected chi connectivity index (χ4v) is 10.9. The van der Waals surface area contributed by atoms with Gasteiger partial charge in [-0.05, 0) is 74.9 Å². The number of halogens is 3. The van der Waals surface area contributed by atoms with E-state index in [1.807, 2.05) is 46.7 Å². The third-order valence-electron chi connectivity index (χ3n) is 14.1. The van der Waals surface area contributed by atoms with Crippen molar-refractivity contribution >= 4 is 59.1 Å². The van der Waals surface area contributed by atoms with E-state index in [-0.39, 0.29) is 31.4 Å². The van der Waals surface area contributed by atoms with E-state index < -0.39 is 136 Å². The lowest BCUT2D eigenvalue weighted by Crippen LogP contribution is -2.61. The summed E-state index contributed by atoms with van der Waals surface area (Å²) in [4.78, 5) is 55.3. The molecule has 21 heteroatoms. The monoisotopic (exact) mass is 989 g/mol. The van der Waals surface area contributed by atoms with Crippen LogP contribution in [-0.4, -0.2) is 156 Å². The summed E-state index contributed by atoms with van der Waals surface area (Å²) in [6.07, 6.45) is -10.4. The lowest BCUT2D eigenvalue weighted by Gasteiger charge is -2.49. The summed E-state index contributed by atoms with van der Waals surface area (Å²) >= 11 is 17.4. The lowest BCUT2D eigenvalue weighted by atomic mass is 9.74. The number of fused-ring (bicyclic) bond motifs is 3. The fraction of sp³-hybridized carbons (Fsp3) is 0.909. The van der Waals surface area contributed by atoms with E-state index in [9.17, 15) is 24.3 Å². The van der Waals surface area contributed by atoms with Gasteiger partial charge < -0.3 is 66.8 Å². The minimum absolute atomic E-state index is 0.0252. The van der Waals surface area contributed by atoms with Crippen molar-refractivity contribution in [1.82, 2.24) is 4.90 Å². The number of rotatable bonds is 11. The van der Waals surface area contributed by atoms with Crippen LogP contribution in [0.1, 0.15) is 108 Å². The molecule has 374 valence electrons. The predicted molar refractivity (Wildman–Crippen MR) is 233 cm³/mol. The van der Waals surface area contributed by atoms with Gasteiger partial charge in [-0.3, -0.25) is 9.59 Å². The molecule has 2 bridgehead atoms. The molecule has 0 spiro atoms. The molecule has 0 saturated carbocycles. The van der Waals surface area contributed by atoms with Crippen LogP contribution in [-0.2, 0) is 66.4 Å². The second-order valence-corrected chi connectivity index (χ2v) is 22.0. The lowest BCUT2D eigenvalue weighted by molar-refractivity contribution is -0.338. The van der Waals surface area contributed by atoms with Crippen LogP contribution in [0.25, 0.3) is 0 Å². The molecule has 5 aliphatic rings. The molecule has 0 aromatic heterocycles. The number of nitrogens with zero attached hydrogens (tertiary/aromatic N) is 1. The van der Waals surface area contributed by atoms with Crippen LogP contribution in [0.5, 0.6) is 0 Å². The Labute approximate surface area is 397 Å². The van der Waals surface area contributed by atoms with E-state index in [4.69, 9.17) is 91.6 Å². The average molecular weight is 991 g/mol. The van der Waals surface area contributed by atoms with Gasteiger partial charge in [0.25, 0.3) is 0 Å². The minimum atomic E-state index is -1.95. The first-order valence-electron chi connectivity index (χ1n) is 22.5. The van der Waals surface area contributed by atoms with Crippen molar-refractivity contribution in [1.29, 1.82) is 0 Å². The highest BCUT2D eigenvalue weighted by atomic mass is 35.6. The molecule has 18 nitrogen and oxygen atoms in total. The summed E-state index contributed by atoms with van der Waals surface area (Å²) in [5.74, 6) is -6.61. The van der Waals surface area contributed by atoms with E-state index in [1.54, 1.807) is 41.5 Å². The maximum atomic E-state index is 14.8. The number of hydrogen-bond donors (Lipinski definition) is 1. The van der Waals surface area contributed by atoms with Gasteiger partial charge >= 0.3 is 24.2 Å². The number of cyclic esters (lactones) is 1. The predicted octanol–water partition coefficient (Wildman–Crippen LogP) is 6.62. The highest BCUT2D eigenvalue weighted by molar-refractivity contribution is 6.67. The topological polar surface area (TPSA) is 203 Å². The molecule has 5 rings (SSSR count). The van der Waals surface area contributed by atoms with Crippen LogP contribution in [0.4, 0.5) is 9.59 Å². The van der Waals surface area contributed by atoms with Crippen molar-refractivity contribution in [2.24, 2.45) is 23.7 Å². The van der Waals surface area contributed by atoms with Gasteiger partial charge in [-0.15, -0.1) is 0 Å². The zero-order valence-electron chi connectivity index (χ0n) is 40.0. The number of carbonyl (C=O) groups excluding carboxylic acids is 4. The van der Waals surface area contributed by atoms with Crippen molar-refractivity contribution in [2.45, 2.75) is 202 Å². The maximum absolute atomic E-state index is 14.8. The molecule has 5 heterocycles. The fourth-order valence-electron chi connectivity index (χ4n) is 10.7. The van der Waals surface area contributed by atoms with E-state index in [2.05, 4.69) is 0 Å². The maximum Gasteiger partial charge on any atom is 0.509 e. The summed E-state index contributed by atoms with van der Waals surface area (Å²) in [7, 11) is 5.19. The quantitative estimate of drug-likeness (QED) is 0.131. The number of methoxy groups -OCH3 is 1. The van der Waals surface area contributed by atoms with Gasteiger partial charge in [0.15, 0.2) is 42.3 Å². The van der Waals surface area contributed by atoms with Crippen molar-refractivity contribution in [3.05, 3.63) is 0 Å². The molecule has 0 aromatic rings. The molecule has 5 saturated heterocycles. The third kappa shape index (κ3) is 11.6. The SMILES string of the molecule is CCC[C@H]1OC(=O)[C@H](C)[C@@H](OC2CC(C)(OC)C(OC(=O)OCC(Cl)(Cl)Cl)C(C)O2)[C@H](C)[C@@H](OC2OC(C)CC(N(C)C)C2OC(C)=O)[C@@]2(C)C[C@@H](C)C(O)(O2)[C@H](C)[C@H]2OC(=O)O[C@@]21C. The number of ether oxygens (including phenoxy) is 12. The smallest absolute Gasteiger partial charge is 0.458 e. The molecule has 65 heavy (non-hydrogen) atoms. The zero-order chi connectivity index (χ0) is 48.8. The second-order valence-electron chi connectivity index (χ2n) is 19.5. The van der Waals surface area contributed by atoms with Crippen molar-refractivity contribution in [2.75, 3.05) is 27.8 Å². The summed E-state index contributed by atoms with van der Waals surface area (Å²) < 4.78 is 72.7. The second kappa shape index (κ2) is 20.6. The average Bonchev–Trinajstić information content (AvgIpc) is 3.65. The van der Waals surface area contributed by atoms with Crippen LogP contribution >= 0.6 is 34.8 Å². The van der Waals surface area contributed by atoms with Crippen molar-refractivity contribution in [3.63, 3.8) is 0 Å². The molecule has 9 unspecified atom stereocenters. The van der Waals surface area contributed by atoms with Crippen molar-refractivity contribution < 1.29 is 81.1 Å². The van der Waals surface area contributed by atoms with E-state index in [1.165, 1.54) is 14.0 Å². The Bertz CT molecular complexity index is 1710. The molecular formula is C44H70Cl3NO17. The molecule has 19 atom stereocenters. The molecule has 5 fully saturated rings. The van der Waals surface area contributed by atoms with Crippen LogP contribution in [0.2, 0.25) is 0 Å². The van der Waals surface area contributed by atoms with Crippen LogP contribution in [0.15, 0.2) is 0 Å². The largest absolute Gasteiger partial charge is 0.509 e. The number of hydrogen-bond acceptors (Lipinski definition) is 18. The number of alkyl halides is 3. The number of likely N-dealkylation sites (N-methyl/N-ethyl adjacent to an activating group) is 1. The standard InChI is InChI=1S/C44H70Cl3NO17/c1-15-16-29-42(11)34(62-39(52)64-42)25(6)44(53)21(2)18-41(10,65-44)33(61-37-32(58-27(8)49)28(48(12)13)17-22(3)56-37)23(4)31(24(5)36(50)59-29)60-30-19-40(9,54-14)35(26(7)57-30)63-38(51)55-20-43(45,46)47/h21-26,28-35,37,53H,15-20H2,1-14H3/t21-,22?,23+,24-,25-,26?,28?,29-,30?,31+,32?,33-,34-,35?,37?,40?,41-,42-,44?/m1/s1. The van der Waals surface area contributed by atoms with Gasteiger partial charge in [0.05, 0.1) is 47.9 Å². The number of carbonyl (C=O) groups is 4.